The number of ether oxygens (including phenoxy) is 1. The molecule has 2 rings (SSSR count). The normalized spacial score (nSPS) is 11.2. The molecule has 0 fully saturated rings. The van der Waals surface area contributed by atoms with E-state index < -0.39 is 0 Å². The van der Waals surface area contributed by atoms with E-state index >= 15 is 0 Å². The van der Waals surface area contributed by atoms with Gasteiger partial charge >= 0.3 is 0 Å². The maximum Gasteiger partial charge on any atom is 0.130 e. The summed E-state index contributed by atoms with van der Waals surface area (Å²) in [5.74, 6) is 1.61. The minimum Gasteiger partial charge on any atom is -0.493 e. The van der Waals surface area contributed by atoms with Gasteiger partial charge in [-0.15, -0.1) is 0 Å². The van der Waals surface area contributed by atoms with Gasteiger partial charge in [0.25, 0.3) is 0 Å². The molecule has 0 saturated carbocycles. The quantitative estimate of drug-likeness (QED) is 0.740. The Morgan fingerprint density at radius 2 is 2.05 bits per heavy atom. The molecule has 0 radical (unpaired) electrons. The molecule has 0 aliphatic carbocycles. The number of pyridine rings is 1. The number of benzene rings is 1. The number of hydrogen-bond acceptors (Lipinski definition) is 3. The van der Waals surface area contributed by atoms with Crippen molar-refractivity contribution in [3.63, 3.8) is 0 Å². The fourth-order valence-electron chi connectivity index (χ4n) is 2.20. The summed E-state index contributed by atoms with van der Waals surface area (Å²) >= 11 is 0. The summed E-state index contributed by atoms with van der Waals surface area (Å²) in [7, 11) is 0. The van der Waals surface area contributed by atoms with Crippen molar-refractivity contribution in [2.45, 2.75) is 40.2 Å². The lowest BCUT2D eigenvalue weighted by molar-refractivity contribution is 0.292. The van der Waals surface area contributed by atoms with Crippen molar-refractivity contribution >= 4 is 10.9 Å². The standard InChI is InChI=1S/C18H26N2O/c1-4-10-19-13-15-12-18(21-11-9-14(2)3)16-7-5-6-8-17(16)20-15/h5-8,12,14,19H,4,9-11,13H2,1-3H3. The van der Waals surface area contributed by atoms with Crippen LogP contribution in [0, 0.1) is 5.92 Å². The van der Waals surface area contributed by atoms with Crippen molar-refractivity contribution in [3.8, 4) is 5.75 Å². The van der Waals surface area contributed by atoms with Gasteiger partial charge in [0.1, 0.15) is 5.75 Å². The fraction of sp³-hybridized carbons (Fsp3) is 0.500. The van der Waals surface area contributed by atoms with Gasteiger partial charge in [0, 0.05) is 18.0 Å². The molecule has 0 atom stereocenters. The highest BCUT2D eigenvalue weighted by Gasteiger charge is 2.07. The van der Waals surface area contributed by atoms with Gasteiger partial charge in [0.2, 0.25) is 0 Å². The van der Waals surface area contributed by atoms with Crippen LogP contribution in [-0.4, -0.2) is 18.1 Å². The SMILES string of the molecule is CCCNCc1cc(OCCC(C)C)c2ccccc2n1. The van der Waals surface area contributed by atoms with Crippen LogP contribution < -0.4 is 10.1 Å². The summed E-state index contributed by atoms with van der Waals surface area (Å²) in [5.41, 5.74) is 2.05. The van der Waals surface area contributed by atoms with E-state index in [1.807, 2.05) is 18.2 Å². The van der Waals surface area contributed by atoms with Crippen molar-refractivity contribution in [3.05, 3.63) is 36.0 Å². The Morgan fingerprint density at radius 3 is 2.81 bits per heavy atom. The molecule has 2 aromatic rings. The van der Waals surface area contributed by atoms with E-state index in [0.717, 1.165) is 54.9 Å². The van der Waals surface area contributed by atoms with Crippen LogP contribution in [-0.2, 0) is 6.54 Å². The zero-order valence-electron chi connectivity index (χ0n) is 13.4. The van der Waals surface area contributed by atoms with E-state index in [0.29, 0.717) is 5.92 Å². The Balaban J connectivity index is 2.18. The molecule has 1 aromatic heterocycles. The number of fused-ring (bicyclic) bond motifs is 1. The molecule has 0 spiro atoms. The molecule has 3 nitrogen and oxygen atoms in total. The summed E-state index contributed by atoms with van der Waals surface area (Å²) in [5, 5.41) is 4.50. The number of hydrogen-bond donors (Lipinski definition) is 1. The molecule has 0 saturated heterocycles. The molecular weight excluding hydrogens is 260 g/mol. The maximum atomic E-state index is 6.01. The van der Waals surface area contributed by atoms with Crippen LogP contribution in [0.4, 0.5) is 0 Å². The van der Waals surface area contributed by atoms with E-state index in [1.54, 1.807) is 0 Å². The highest BCUT2D eigenvalue weighted by molar-refractivity contribution is 5.85. The third kappa shape index (κ3) is 4.71. The van der Waals surface area contributed by atoms with Gasteiger partial charge in [-0.05, 0) is 37.4 Å². The first-order chi connectivity index (χ1) is 10.2. The van der Waals surface area contributed by atoms with Crippen molar-refractivity contribution in [1.82, 2.24) is 10.3 Å². The highest BCUT2D eigenvalue weighted by atomic mass is 16.5. The predicted octanol–water partition coefficient (Wildman–Crippen LogP) is 4.16. The molecule has 0 bridgehead atoms. The first-order valence-corrected chi connectivity index (χ1v) is 7.93. The first-order valence-electron chi connectivity index (χ1n) is 7.93. The van der Waals surface area contributed by atoms with Gasteiger partial charge in [-0.1, -0.05) is 32.9 Å². The third-order valence-corrected chi connectivity index (χ3v) is 3.42. The maximum absolute atomic E-state index is 6.01. The molecule has 3 heteroatoms. The van der Waals surface area contributed by atoms with Gasteiger partial charge in [-0.25, -0.2) is 0 Å². The Kier molecular flexibility index (Phi) is 6.00. The van der Waals surface area contributed by atoms with Crippen molar-refractivity contribution in [2.75, 3.05) is 13.2 Å². The van der Waals surface area contributed by atoms with E-state index in [1.165, 1.54) is 0 Å². The Bertz CT molecular complexity index is 566. The molecule has 114 valence electrons. The number of nitrogens with zero attached hydrogens (tertiary/aromatic N) is 1. The number of rotatable bonds is 8. The summed E-state index contributed by atoms with van der Waals surface area (Å²) in [4.78, 5) is 4.71. The number of aromatic nitrogens is 1. The molecular formula is C18H26N2O. The molecule has 21 heavy (non-hydrogen) atoms. The second-order valence-corrected chi connectivity index (χ2v) is 5.84. The van der Waals surface area contributed by atoms with Gasteiger partial charge in [0.05, 0.1) is 17.8 Å². The molecule has 0 aliphatic heterocycles. The van der Waals surface area contributed by atoms with E-state index in [9.17, 15) is 0 Å². The van der Waals surface area contributed by atoms with Gasteiger partial charge in [-0.2, -0.15) is 0 Å². The topological polar surface area (TPSA) is 34.1 Å². The van der Waals surface area contributed by atoms with Crippen LogP contribution in [0.5, 0.6) is 5.75 Å². The second kappa shape index (κ2) is 7.99. The zero-order chi connectivity index (χ0) is 15.1. The second-order valence-electron chi connectivity index (χ2n) is 5.84. The molecule has 0 aliphatic rings. The average molecular weight is 286 g/mol. The van der Waals surface area contributed by atoms with Crippen LogP contribution in [0.25, 0.3) is 10.9 Å². The zero-order valence-corrected chi connectivity index (χ0v) is 13.4. The van der Waals surface area contributed by atoms with Gasteiger partial charge in [-0.3, -0.25) is 4.98 Å². The molecule has 1 heterocycles. The molecule has 0 amide bonds. The smallest absolute Gasteiger partial charge is 0.130 e. The van der Waals surface area contributed by atoms with Gasteiger partial charge < -0.3 is 10.1 Å². The van der Waals surface area contributed by atoms with Crippen LogP contribution in [0.2, 0.25) is 0 Å². The third-order valence-electron chi connectivity index (χ3n) is 3.42. The molecule has 0 unspecified atom stereocenters. The molecule has 1 aromatic carbocycles. The van der Waals surface area contributed by atoms with E-state index in [-0.39, 0.29) is 0 Å². The largest absolute Gasteiger partial charge is 0.493 e. The predicted molar refractivity (Wildman–Crippen MR) is 88.7 cm³/mol. The van der Waals surface area contributed by atoms with Crippen LogP contribution in [0.3, 0.4) is 0 Å². The fourth-order valence-corrected chi connectivity index (χ4v) is 2.20. The van der Waals surface area contributed by atoms with Gasteiger partial charge in [0.15, 0.2) is 0 Å². The minimum atomic E-state index is 0.656. The van der Waals surface area contributed by atoms with E-state index in [4.69, 9.17) is 9.72 Å². The van der Waals surface area contributed by atoms with Crippen LogP contribution in [0.1, 0.15) is 39.3 Å². The Labute approximate surface area is 127 Å². The Morgan fingerprint density at radius 1 is 1.24 bits per heavy atom. The summed E-state index contributed by atoms with van der Waals surface area (Å²) in [6.07, 6.45) is 2.20. The first kappa shape index (κ1) is 15.8. The van der Waals surface area contributed by atoms with Crippen LogP contribution in [0.15, 0.2) is 30.3 Å². The Hall–Kier alpha value is -1.61. The lowest BCUT2D eigenvalue weighted by Gasteiger charge is -2.12. The van der Waals surface area contributed by atoms with E-state index in [2.05, 4.69) is 38.2 Å². The van der Waals surface area contributed by atoms with Crippen molar-refractivity contribution in [2.24, 2.45) is 5.92 Å². The lowest BCUT2D eigenvalue weighted by Crippen LogP contribution is -2.15. The number of para-hydroxylation sites is 1. The summed E-state index contributed by atoms with van der Waals surface area (Å²) < 4.78 is 6.01. The van der Waals surface area contributed by atoms with Crippen molar-refractivity contribution < 1.29 is 4.74 Å². The lowest BCUT2D eigenvalue weighted by atomic mass is 10.1. The minimum absolute atomic E-state index is 0.656. The summed E-state index contributed by atoms with van der Waals surface area (Å²) in [6, 6.07) is 10.3. The highest BCUT2D eigenvalue weighted by Crippen LogP contribution is 2.25. The summed E-state index contributed by atoms with van der Waals surface area (Å²) in [6.45, 7) is 9.16. The average Bonchev–Trinajstić information content (AvgIpc) is 2.47. The van der Waals surface area contributed by atoms with Crippen molar-refractivity contribution in [1.29, 1.82) is 0 Å². The number of nitrogens with one attached hydrogen (secondary N) is 1. The monoisotopic (exact) mass is 286 g/mol. The van der Waals surface area contributed by atoms with Crippen LogP contribution >= 0.6 is 0 Å². The molecule has 1 N–H and O–H groups in total.